The summed E-state index contributed by atoms with van der Waals surface area (Å²) in [6.07, 6.45) is -4.56. The summed E-state index contributed by atoms with van der Waals surface area (Å²) in [6, 6.07) is 2.01. The number of alkyl halides is 3. The topological polar surface area (TPSA) is 71.2 Å². The van der Waals surface area contributed by atoms with Gasteiger partial charge in [0.1, 0.15) is 11.5 Å². The Kier molecular flexibility index (Phi) is 4.08. The Hall–Kier alpha value is -1.83. The summed E-state index contributed by atoms with van der Waals surface area (Å²) in [5, 5.41) is 3.26. The minimum atomic E-state index is -4.56. The van der Waals surface area contributed by atoms with E-state index in [-0.39, 0.29) is 23.5 Å². The average Bonchev–Trinajstić information content (AvgIpc) is 2.35. The van der Waals surface area contributed by atoms with E-state index in [0.717, 1.165) is 12.1 Å². The highest BCUT2D eigenvalue weighted by molar-refractivity contribution is 5.97. The number of hydrogen-bond acceptors (Lipinski definition) is 4. The van der Waals surface area contributed by atoms with Crippen LogP contribution in [0.4, 0.5) is 19.0 Å². The third-order valence-electron chi connectivity index (χ3n) is 3.29. The molecule has 1 aliphatic rings. The zero-order valence-corrected chi connectivity index (χ0v) is 11.7. The molecule has 2 atom stereocenters. The molecule has 3 N–H and O–H groups in total. The number of anilines is 1. The van der Waals surface area contributed by atoms with Gasteiger partial charge in [0.25, 0.3) is 5.91 Å². The Balaban J connectivity index is 2.45. The average molecular weight is 302 g/mol. The van der Waals surface area contributed by atoms with Crippen LogP contribution < -0.4 is 16.0 Å². The second-order valence-electron chi connectivity index (χ2n) is 5.30. The van der Waals surface area contributed by atoms with Gasteiger partial charge in [-0.05, 0) is 26.0 Å². The summed E-state index contributed by atoms with van der Waals surface area (Å²) in [4.78, 5) is 16.7. The van der Waals surface area contributed by atoms with E-state index in [1.807, 2.05) is 13.8 Å². The van der Waals surface area contributed by atoms with Gasteiger partial charge in [-0.3, -0.25) is 4.79 Å². The highest BCUT2D eigenvalue weighted by Crippen LogP contribution is 2.31. The van der Waals surface area contributed by atoms with Crippen LogP contribution in [0.5, 0.6) is 0 Å². The van der Waals surface area contributed by atoms with E-state index < -0.39 is 17.8 Å². The molecule has 1 saturated heterocycles. The van der Waals surface area contributed by atoms with Crippen molar-refractivity contribution in [2.45, 2.75) is 32.1 Å². The quantitative estimate of drug-likeness (QED) is 0.866. The summed E-state index contributed by atoms with van der Waals surface area (Å²) in [5.41, 5.74) is 4.22. The van der Waals surface area contributed by atoms with Gasteiger partial charge in [-0.15, -0.1) is 0 Å². The molecule has 0 aromatic carbocycles. The maximum absolute atomic E-state index is 12.8. The van der Waals surface area contributed by atoms with Gasteiger partial charge in [-0.1, -0.05) is 0 Å². The first-order valence-corrected chi connectivity index (χ1v) is 6.57. The molecule has 0 saturated carbocycles. The Morgan fingerprint density at radius 1 is 1.33 bits per heavy atom. The lowest BCUT2D eigenvalue weighted by atomic mass is 10.1. The van der Waals surface area contributed by atoms with Crippen molar-refractivity contribution in [3.63, 3.8) is 0 Å². The molecule has 2 rings (SSSR count). The Bertz CT molecular complexity index is 537. The number of carbonyl (C=O) groups is 1. The maximum atomic E-state index is 12.8. The van der Waals surface area contributed by atoms with Crippen molar-refractivity contribution in [2.24, 2.45) is 5.73 Å². The first kappa shape index (κ1) is 15.6. The third-order valence-corrected chi connectivity index (χ3v) is 3.29. The normalized spacial score (nSPS) is 23.2. The molecule has 0 radical (unpaired) electrons. The highest BCUT2D eigenvalue weighted by Gasteiger charge is 2.35. The number of carbonyl (C=O) groups excluding carboxylic acids is 1. The zero-order chi connectivity index (χ0) is 15.8. The van der Waals surface area contributed by atoms with Crippen molar-refractivity contribution in [1.82, 2.24) is 10.3 Å². The Morgan fingerprint density at radius 2 is 1.90 bits per heavy atom. The van der Waals surface area contributed by atoms with E-state index in [4.69, 9.17) is 5.73 Å². The van der Waals surface area contributed by atoms with Crippen LogP contribution in [0.3, 0.4) is 0 Å². The minimum absolute atomic E-state index is 0.00229. The van der Waals surface area contributed by atoms with Crippen LogP contribution in [0.15, 0.2) is 12.1 Å². The lowest BCUT2D eigenvalue weighted by Crippen LogP contribution is -2.55. The monoisotopic (exact) mass is 302 g/mol. The van der Waals surface area contributed by atoms with E-state index in [0.29, 0.717) is 13.1 Å². The van der Waals surface area contributed by atoms with Crippen LogP contribution in [-0.2, 0) is 6.18 Å². The Labute approximate surface area is 120 Å². The fourth-order valence-corrected chi connectivity index (χ4v) is 2.54. The number of amides is 1. The number of hydrogen-bond donors (Lipinski definition) is 2. The number of aromatic nitrogens is 1. The van der Waals surface area contributed by atoms with Crippen LogP contribution in [0.1, 0.15) is 29.9 Å². The SMILES string of the molecule is CC1CN(c2nc(C(F)(F)F)ccc2C(N)=O)CC(C)N1. The van der Waals surface area contributed by atoms with E-state index in [1.165, 1.54) is 0 Å². The lowest BCUT2D eigenvalue weighted by molar-refractivity contribution is -0.141. The largest absolute Gasteiger partial charge is 0.433 e. The van der Waals surface area contributed by atoms with Crippen molar-refractivity contribution in [3.05, 3.63) is 23.4 Å². The third kappa shape index (κ3) is 3.44. The first-order chi connectivity index (χ1) is 9.68. The molecule has 1 fully saturated rings. The van der Waals surface area contributed by atoms with Crippen LogP contribution in [0, 0.1) is 0 Å². The van der Waals surface area contributed by atoms with Gasteiger partial charge >= 0.3 is 6.18 Å². The second-order valence-corrected chi connectivity index (χ2v) is 5.30. The molecule has 0 bridgehead atoms. The predicted molar refractivity (Wildman–Crippen MR) is 72.0 cm³/mol. The number of piperazine rings is 1. The number of nitrogens with two attached hydrogens (primary N) is 1. The smallest absolute Gasteiger partial charge is 0.365 e. The summed E-state index contributed by atoms with van der Waals surface area (Å²) in [5.74, 6) is -0.789. The number of pyridine rings is 1. The predicted octanol–water partition coefficient (Wildman–Crippen LogP) is 1.39. The van der Waals surface area contributed by atoms with E-state index in [9.17, 15) is 18.0 Å². The molecular weight excluding hydrogens is 285 g/mol. The van der Waals surface area contributed by atoms with Gasteiger partial charge in [-0.2, -0.15) is 13.2 Å². The van der Waals surface area contributed by atoms with Gasteiger partial charge in [0, 0.05) is 25.2 Å². The van der Waals surface area contributed by atoms with Gasteiger partial charge < -0.3 is 16.0 Å². The van der Waals surface area contributed by atoms with Crippen molar-refractivity contribution < 1.29 is 18.0 Å². The maximum Gasteiger partial charge on any atom is 0.433 e. The molecule has 116 valence electrons. The molecule has 0 aliphatic carbocycles. The summed E-state index contributed by atoms with van der Waals surface area (Å²) < 4.78 is 38.4. The van der Waals surface area contributed by atoms with Crippen molar-refractivity contribution in [1.29, 1.82) is 0 Å². The molecule has 1 aromatic rings. The molecule has 0 spiro atoms. The standard InChI is InChI=1S/C13H17F3N4O/c1-7-5-20(6-8(2)18-7)12-9(11(17)21)3-4-10(19-12)13(14,15)16/h3-4,7-8,18H,5-6H2,1-2H3,(H2,17,21). The fourth-order valence-electron chi connectivity index (χ4n) is 2.54. The Morgan fingerprint density at radius 3 is 2.38 bits per heavy atom. The van der Waals surface area contributed by atoms with Crippen LogP contribution >= 0.6 is 0 Å². The molecule has 1 aliphatic heterocycles. The first-order valence-electron chi connectivity index (χ1n) is 6.57. The van der Waals surface area contributed by atoms with Crippen LogP contribution in [0.2, 0.25) is 0 Å². The van der Waals surface area contributed by atoms with Gasteiger partial charge in [0.2, 0.25) is 0 Å². The molecule has 2 unspecified atom stereocenters. The molecule has 2 heterocycles. The zero-order valence-electron chi connectivity index (χ0n) is 11.7. The van der Waals surface area contributed by atoms with Crippen molar-refractivity contribution in [2.75, 3.05) is 18.0 Å². The molecule has 1 aromatic heterocycles. The number of rotatable bonds is 2. The summed E-state index contributed by atoms with van der Waals surface area (Å²) >= 11 is 0. The molecule has 21 heavy (non-hydrogen) atoms. The number of halogens is 3. The fraction of sp³-hybridized carbons (Fsp3) is 0.538. The van der Waals surface area contributed by atoms with E-state index in [1.54, 1.807) is 4.90 Å². The van der Waals surface area contributed by atoms with Gasteiger partial charge in [-0.25, -0.2) is 4.98 Å². The number of nitrogens with zero attached hydrogens (tertiary/aromatic N) is 2. The molecule has 1 amide bonds. The summed E-state index contributed by atoms with van der Waals surface area (Å²) in [6.45, 7) is 4.75. The van der Waals surface area contributed by atoms with Crippen LogP contribution in [-0.4, -0.2) is 36.1 Å². The lowest BCUT2D eigenvalue weighted by Gasteiger charge is -2.37. The highest BCUT2D eigenvalue weighted by atomic mass is 19.4. The van der Waals surface area contributed by atoms with Crippen molar-refractivity contribution in [3.8, 4) is 0 Å². The molecule has 5 nitrogen and oxygen atoms in total. The molecule has 8 heteroatoms. The van der Waals surface area contributed by atoms with Gasteiger partial charge in [0.15, 0.2) is 0 Å². The number of primary amides is 1. The van der Waals surface area contributed by atoms with E-state index >= 15 is 0 Å². The number of nitrogens with one attached hydrogen (secondary N) is 1. The summed E-state index contributed by atoms with van der Waals surface area (Å²) in [7, 11) is 0. The minimum Gasteiger partial charge on any atom is -0.365 e. The van der Waals surface area contributed by atoms with Crippen LogP contribution in [0.25, 0.3) is 0 Å². The molecular formula is C13H17F3N4O. The van der Waals surface area contributed by atoms with Gasteiger partial charge in [0.05, 0.1) is 5.56 Å². The van der Waals surface area contributed by atoms with Crippen molar-refractivity contribution >= 4 is 11.7 Å². The van der Waals surface area contributed by atoms with E-state index in [2.05, 4.69) is 10.3 Å². The second kappa shape index (κ2) is 5.51.